The van der Waals surface area contributed by atoms with Crippen molar-refractivity contribution in [3.63, 3.8) is 0 Å². The number of unbranched alkanes of at least 4 members (excludes halogenated alkanes) is 1. The summed E-state index contributed by atoms with van der Waals surface area (Å²) < 4.78 is 32.7. The molecule has 0 bridgehead atoms. The minimum absolute atomic E-state index is 0.270. The van der Waals surface area contributed by atoms with Gasteiger partial charge >= 0.3 is 5.97 Å². The fourth-order valence-electron chi connectivity index (χ4n) is 3.33. The first-order valence-corrected chi connectivity index (χ1v) is 7.32. The Hall–Kier alpha value is -0.970. The molecular formula is C15H22F2O3. The lowest BCUT2D eigenvalue weighted by atomic mass is 9.82. The van der Waals surface area contributed by atoms with Crippen LogP contribution < -0.4 is 0 Å². The maximum Gasteiger partial charge on any atom is 0.341 e. The third-order valence-corrected chi connectivity index (χ3v) is 4.52. The summed E-state index contributed by atoms with van der Waals surface area (Å²) in [7, 11) is 0. The van der Waals surface area contributed by atoms with E-state index >= 15 is 0 Å². The summed E-state index contributed by atoms with van der Waals surface area (Å²) in [5.74, 6) is -1.82. The normalized spacial score (nSPS) is 35.5. The summed E-state index contributed by atoms with van der Waals surface area (Å²) in [6.07, 6.45) is -1.83. The van der Waals surface area contributed by atoms with Crippen LogP contribution in [-0.4, -0.2) is 35.6 Å². The number of esters is 1. The molecule has 1 aliphatic heterocycles. The van der Waals surface area contributed by atoms with Gasteiger partial charge in [0.25, 0.3) is 0 Å². The molecule has 0 aromatic carbocycles. The zero-order valence-corrected chi connectivity index (χ0v) is 11.7. The van der Waals surface area contributed by atoms with Gasteiger partial charge < -0.3 is 9.84 Å². The molecule has 0 aromatic rings. The van der Waals surface area contributed by atoms with E-state index in [1.807, 2.05) is 6.92 Å². The van der Waals surface area contributed by atoms with Gasteiger partial charge in [-0.2, -0.15) is 0 Å². The zero-order valence-electron chi connectivity index (χ0n) is 11.7. The number of rotatable bonds is 6. The fraction of sp³-hybridized carbons (Fsp3) is 0.800. The fourth-order valence-corrected chi connectivity index (χ4v) is 3.33. The van der Waals surface area contributed by atoms with E-state index in [-0.39, 0.29) is 12.3 Å². The van der Waals surface area contributed by atoms with Crippen LogP contribution in [0.15, 0.2) is 12.2 Å². The third kappa shape index (κ3) is 2.73. The maximum atomic E-state index is 13.9. The quantitative estimate of drug-likeness (QED) is 0.604. The van der Waals surface area contributed by atoms with Crippen LogP contribution in [-0.2, 0) is 9.53 Å². The van der Waals surface area contributed by atoms with Crippen LogP contribution in [0.2, 0.25) is 0 Å². The molecule has 114 valence electrons. The molecule has 0 spiro atoms. The standard InChI is InChI=1S/C15H22F2O3/c1-3-4-5-10(16)14(18)8(2)9-6-7-11-12(9)13(17)15(19)20-11/h9-14,18H,2-7H2,1H3/t9-,10?,11+,12-,13-,14?/m1/s1. The van der Waals surface area contributed by atoms with E-state index < -0.39 is 36.4 Å². The summed E-state index contributed by atoms with van der Waals surface area (Å²) in [6.45, 7) is 5.71. The molecule has 5 heteroatoms. The lowest BCUT2D eigenvalue weighted by Gasteiger charge is -2.26. The Bertz CT molecular complexity index is 385. The smallest absolute Gasteiger partial charge is 0.341 e. The monoisotopic (exact) mass is 288 g/mol. The molecule has 0 aromatic heterocycles. The van der Waals surface area contributed by atoms with Gasteiger partial charge in [-0.05, 0) is 30.8 Å². The van der Waals surface area contributed by atoms with Crippen molar-refractivity contribution in [3.8, 4) is 0 Å². The van der Waals surface area contributed by atoms with Crippen molar-refractivity contribution in [1.29, 1.82) is 0 Å². The molecule has 0 radical (unpaired) electrons. The molecule has 6 atom stereocenters. The molecule has 2 rings (SSSR count). The summed E-state index contributed by atoms with van der Waals surface area (Å²) in [4.78, 5) is 11.2. The Morgan fingerprint density at radius 3 is 2.90 bits per heavy atom. The highest BCUT2D eigenvalue weighted by Gasteiger charge is 2.54. The van der Waals surface area contributed by atoms with E-state index in [0.29, 0.717) is 24.8 Å². The molecular weight excluding hydrogens is 266 g/mol. The van der Waals surface area contributed by atoms with E-state index in [9.17, 15) is 18.7 Å². The summed E-state index contributed by atoms with van der Waals surface area (Å²) in [5.41, 5.74) is 0.307. The number of carbonyl (C=O) groups excluding carboxylic acids is 1. The second kappa shape index (κ2) is 6.20. The molecule has 3 nitrogen and oxygen atoms in total. The molecule has 0 amide bonds. The average Bonchev–Trinajstić information content (AvgIpc) is 2.96. The van der Waals surface area contributed by atoms with Gasteiger partial charge in [0.1, 0.15) is 18.4 Å². The molecule has 1 N–H and O–H groups in total. The Balaban J connectivity index is 2.00. The van der Waals surface area contributed by atoms with E-state index in [4.69, 9.17) is 4.74 Å². The van der Waals surface area contributed by atoms with Crippen molar-refractivity contribution in [2.24, 2.45) is 11.8 Å². The first-order valence-electron chi connectivity index (χ1n) is 7.32. The second-order valence-corrected chi connectivity index (χ2v) is 5.82. The van der Waals surface area contributed by atoms with E-state index in [1.165, 1.54) is 0 Å². The van der Waals surface area contributed by atoms with Gasteiger partial charge in [-0.3, -0.25) is 0 Å². The van der Waals surface area contributed by atoms with Crippen LogP contribution in [0, 0.1) is 11.8 Å². The van der Waals surface area contributed by atoms with Crippen molar-refractivity contribution in [2.45, 2.75) is 63.6 Å². The van der Waals surface area contributed by atoms with Crippen molar-refractivity contribution in [1.82, 2.24) is 0 Å². The van der Waals surface area contributed by atoms with Crippen molar-refractivity contribution < 1.29 is 23.4 Å². The predicted molar refractivity (Wildman–Crippen MR) is 70.6 cm³/mol. The number of halogens is 2. The van der Waals surface area contributed by atoms with Gasteiger partial charge in [-0.1, -0.05) is 26.3 Å². The van der Waals surface area contributed by atoms with Gasteiger partial charge in [0.2, 0.25) is 6.17 Å². The Morgan fingerprint density at radius 1 is 1.55 bits per heavy atom. The predicted octanol–water partition coefficient (Wildman–Crippen LogP) is 2.72. The van der Waals surface area contributed by atoms with Crippen molar-refractivity contribution in [2.75, 3.05) is 0 Å². The van der Waals surface area contributed by atoms with E-state index in [1.54, 1.807) is 0 Å². The summed E-state index contributed by atoms with van der Waals surface area (Å²) >= 11 is 0. The Labute approximate surface area is 118 Å². The first-order chi connectivity index (χ1) is 9.47. The second-order valence-electron chi connectivity index (χ2n) is 5.82. The van der Waals surface area contributed by atoms with Crippen LogP contribution in [0.3, 0.4) is 0 Å². The van der Waals surface area contributed by atoms with Crippen LogP contribution in [0.25, 0.3) is 0 Å². The molecule has 1 saturated heterocycles. The molecule has 1 aliphatic carbocycles. The summed E-state index contributed by atoms with van der Waals surface area (Å²) in [6, 6.07) is 0. The van der Waals surface area contributed by atoms with Crippen LogP contribution in [0.4, 0.5) is 8.78 Å². The number of aliphatic hydroxyl groups is 1. The minimum atomic E-state index is -1.68. The zero-order chi connectivity index (χ0) is 14.9. The van der Waals surface area contributed by atoms with E-state index in [2.05, 4.69) is 6.58 Å². The number of ether oxygens (including phenoxy) is 1. The van der Waals surface area contributed by atoms with Crippen LogP contribution in [0.5, 0.6) is 0 Å². The minimum Gasteiger partial charge on any atom is -0.460 e. The van der Waals surface area contributed by atoms with E-state index in [0.717, 1.165) is 6.42 Å². The highest BCUT2D eigenvalue weighted by Crippen LogP contribution is 2.46. The van der Waals surface area contributed by atoms with Gasteiger partial charge in [0.05, 0.1) is 0 Å². The van der Waals surface area contributed by atoms with Gasteiger partial charge in [-0.15, -0.1) is 0 Å². The largest absolute Gasteiger partial charge is 0.460 e. The molecule has 1 heterocycles. The van der Waals surface area contributed by atoms with Gasteiger partial charge in [0, 0.05) is 5.92 Å². The average molecular weight is 288 g/mol. The number of aliphatic hydroxyl groups excluding tert-OH is 1. The topological polar surface area (TPSA) is 46.5 Å². The highest BCUT2D eigenvalue weighted by atomic mass is 19.1. The molecule has 2 fully saturated rings. The van der Waals surface area contributed by atoms with Gasteiger partial charge in [0.15, 0.2) is 0 Å². The number of carbonyl (C=O) groups is 1. The SMILES string of the molecule is C=C(C(O)C(F)CCCC)[C@H]1CC[C@@H]2OC(=O)[C@H](F)[C@@H]21. The highest BCUT2D eigenvalue weighted by molar-refractivity contribution is 5.77. The number of fused-ring (bicyclic) bond motifs is 1. The third-order valence-electron chi connectivity index (χ3n) is 4.52. The summed E-state index contributed by atoms with van der Waals surface area (Å²) in [5, 5.41) is 10.0. The van der Waals surface area contributed by atoms with Crippen molar-refractivity contribution in [3.05, 3.63) is 12.2 Å². The number of hydrogen-bond donors (Lipinski definition) is 1. The molecule has 2 aliphatic rings. The van der Waals surface area contributed by atoms with Crippen LogP contribution >= 0.6 is 0 Å². The molecule has 20 heavy (non-hydrogen) atoms. The van der Waals surface area contributed by atoms with Crippen molar-refractivity contribution >= 4 is 5.97 Å². The van der Waals surface area contributed by atoms with Crippen LogP contribution in [0.1, 0.15) is 39.0 Å². The first kappa shape index (κ1) is 15.4. The lowest BCUT2D eigenvalue weighted by molar-refractivity contribution is -0.145. The lowest BCUT2D eigenvalue weighted by Crippen LogP contribution is -2.32. The van der Waals surface area contributed by atoms with Gasteiger partial charge in [-0.25, -0.2) is 13.6 Å². The Kier molecular flexibility index (Phi) is 4.78. The molecule has 1 saturated carbocycles. The number of alkyl halides is 2. The maximum absolute atomic E-state index is 13.9. The Morgan fingerprint density at radius 2 is 2.25 bits per heavy atom. The number of hydrogen-bond acceptors (Lipinski definition) is 3. The molecule has 2 unspecified atom stereocenters.